The molecule has 5 rings (SSSR count). The predicted molar refractivity (Wildman–Crippen MR) is 108 cm³/mol. The third-order valence-electron chi connectivity index (χ3n) is 5.45. The fourth-order valence-electron chi connectivity index (χ4n) is 3.97. The molecule has 0 aliphatic carbocycles. The van der Waals surface area contributed by atoms with E-state index < -0.39 is 5.97 Å². The van der Waals surface area contributed by atoms with Gasteiger partial charge in [0.05, 0.1) is 22.2 Å². The van der Waals surface area contributed by atoms with Gasteiger partial charge in [0.2, 0.25) is 0 Å². The third kappa shape index (κ3) is 2.60. The first-order chi connectivity index (χ1) is 13.6. The van der Waals surface area contributed by atoms with E-state index in [1.54, 1.807) is 24.5 Å². The van der Waals surface area contributed by atoms with Gasteiger partial charge < -0.3 is 14.4 Å². The van der Waals surface area contributed by atoms with Gasteiger partial charge in [0, 0.05) is 18.0 Å². The number of furan rings is 1. The van der Waals surface area contributed by atoms with Crippen LogP contribution in [0.4, 0.5) is 5.82 Å². The van der Waals surface area contributed by atoms with Gasteiger partial charge in [-0.1, -0.05) is 18.2 Å². The van der Waals surface area contributed by atoms with E-state index in [2.05, 4.69) is 11.8 Å². The Morgan fingerprint density at radius 3 is 2.82 bits per heavy atom. The van der Waals surface area contributed by atoms with Crippen LogP contribution in [0.5, 0.6) is 0 Å². The molecule has 3 heterocycles. The first-order valence-corrected chi connectivity index (χ1v) is 9.40. The van der Waals surface area contributed by atoms with Crippen LogP contribution >= 0.6 is 0 Å². The molecule has 0 saturated carbocycles. The minimum Gasteiger partial charge on any atom is -0.478 e. The Hall–Kier alpha value is -3.41. The second-order valence-electron chi connectivity index (χ2n) is 7.23. The Balaban J connectivity index is 1.78. The number of hydrogen-bond acceptors (Lipinski definition) is 5. The van der Waals surface area contributed by atoms with Gasteiger partial charge in [-0.25, -0.2) is 14.8 Å². The first-order valence-electron chi connectivity index (χ1n) is 9.40. The standard InChI is InChI=1S/C22H19N3O3/c1-13-5-4-10-25(13)21-20(16-12-28-19-7-3-2-6-15(16)19)23-17-9-8-14(22(26)27)11-18(17)24-21/h2-3,6-9,11-13H,4-5,10H2,1H3,(H,26,27). The van der Waals surface area contributed by atoms with Crippen LogP contribution in [0.25, 0.3) is 33.3 Å². The molecule has 0 radical (unpaired) electrons. The molecule has 140 valence electrons. The molecule has 0 amide bonds. The van der Waals surface area contributed by atoms with Crippen LogP contribution < -0.4 is 4.90 Å². The smallest absolute Gasteiger partial charge is 0.335 e. The maximum atomic E-state index is 11.4. The van der Waals surface area contributed by atoms with Gasteiger partial charge >= 0.3 is 5.97 Å². The van der Waals surface area contributed by atoms with Crippen LogP contribution in [0.15, 0.2) is 53.1 Å². The molecule has 6 heteroatoms. The molecule has 6 nitrogen and oxygen atoms in total. The van der Waals surface area contributed by atoms with Crippen molar-refractivity contribution in [3.8, 4) is 11.3 Å². The van der Waals surface area contributed by atoms with E-state index in [0.717, 1.165) is 47.4 Å². The quantitative estimate of drug-likeness (QED) is 0.559. The van der Waals surface area contributed by atoms with Gasteiger partial charge in [0.1, 0.15) is 17.5 Å². The molecular weight excluding hydrogens is 354 g/mol. The van der Waals surface area contributed by atoms with Gasteiger partial charge in [0.15, 0.2) is 5.82 Å². The number of carboxylic acid groups (broad SMARTS) is 1. The number of fused-ring (bicyclic) bond motifs is 2. The Kier molecular flexibility index (Phi) is 3.79. The van der Waals surface area contributed by atoms with Crippen molar-refractivity contribution in [2.75, 3.05) is 11.4 Å². The maximum Gasteiger partial charge on any atom is 0.335 e. The van der Waals surface area contributed by atoms with Crippen LogP contribution in [0, 0.1) is 0 Å². The number of nitrogens with zero attached hydrogens (tertiary/aromatic N) is 3. The van der Waals surface area contributed by atoms with Crippen LogP contribution in [-0.4, -0.2) is 33.6 Å². The van der Waals surface area contributed by atoms with Crippen molar-refractivity contribution in [2.45, 2.75) is 25.8 Å². The number of aromatic nitrogens is 2. The molecule has 1 aliphatic rings. The highest BCUT2D eigenvalue weighted by Gasteiger charge is 2.27. The van der Waals surface area contributed by atoms with E-state index in [0.29, 0.717) is 17.1 Å². The number of anilines is 1. The Morgan fingerprint density at radius 1 is 1.18 bits per heavy atom. The van der Waals surface area contributed by atoms with Crippen molar-refractivity contribution in [3.63, 3.8) is 0 Å². The van der Waals surface area contributed by atoms with E-state index in [9.17, 15) is 9.90 Å². The summed E-state index contributed by atoms with van der Waals surface area (Å²) >= 11 is 0. The lowest BCUT2D eigenvalue weighted by atomic mass is 10.1. The molecule has 2 aromatic carbocycles. The molecule has 1 N–H and O–H groups in total. The van der Waals surface area contributed by atoms with Gasteiger partial charge in [-0.15, -0.1) is 0 Å². The van der Waals surface area contributed by atoms with Crippen LogP contribution in [-0.2, 0) is 0 Å². The Bertz CT molecular complexity index is 1210. The van der Waals surface area contributed by atoms with Crippen LogP contribution in [0.1, 0.15) is 30.1 Å². The summed E-state index contributed by atoms with van der Waals surface area (Å²) in [5.41, 5.74) is 3.95. The van der Waals surface area contributed by atoms with E-state index in [1.807, 2.05) is 24.3 Å². The lowest BCUT2D eigenvalue weighted by Gasteiger charge is -2.24. The summed E-state index contributed by atoms with van der Waals surface area (Å²) in [5, 5.41) is 10.3. The van der Waals surface area contributed by atoms with E-state index in [4.69, 9.17) is 14.4 Å². The topological polar surface area (TPSA) is 79.5 Å². The van der Waals surface area contributed by atoms with Crippen molar-refractivity contribution in [3.05, 3.63) is 54.3 Å². The lowest BCUT2D eigenvalue weighted by molar-refractivity contribution is 0.0697. The number of hydrogen-bond donors (Lipinski definition) is 1. The minimum absolute atomic E-state index is 0.212. The highest BCUT2D eigenvalue weighted by Crippen LogP contribution is 2.38. The highest BCUT2D eigenvalue weighted by atomic mass is 16.4. The molecule has 1 saturated heterocycles. The molecule has 1 atom stereocenters. The summed E-state index contributed by atoms with van der Waals surface area (Å²) in [7, 11) is 0. The van der Waals surface area contributed by atoms with Crippen molar-refractivity contribution in [1.82, 2.24) is 9.97 Å². The average molecular weight is 373 g/mol. The molecule has 1 aliphatic heterocycles. The average Bonchev–Trinajstić information content (AvgIpc) is 3.32. The summed E-state index contributed by atoms with van der Waals surface area (Å²) in [6.45, 7) is 3.09. The van der Waals surface area contributed by atoms with Gasteiger partial charge in [-0.05, 0) is 44.0 Å². The van der Waals surface area contributed by atoms with Crippen molar-refractivity contribution < 1.29 is 14.3 Å². The van der Waals surface area contributed by atoms with Crippen molar-refractivity contribution >= 4 is 33.8 Å². The maximum absolute atomic E-state index is 11.4. The normalized spacial score (nSPS) is 16.9. The molecule has 28 heavy (non-hydrogen) atoms. The Labute approximate surface area is 161 Å². The number of para-hydroxylation sites is 1. The molecule has 4 aromatic rings. The van der Waals surface area contributed by atoms with E-state index >= 15 is 0 Å². The minimum atomic E-state index is -0.968. The van der Waals surface area contributed by atoms with Gasteiger partial charge in [-0.2, -0.15) is 0 Å². The van der Waals surface area contributed by atoms with Crippen LogP contribution in [0.2, 0.25) is 0 Å². The number of carbonyl (C=O) groups is 1. The summed E-state index contributed by atoms with van der Waals surface area (Å²) in [6.07, 6.45) is 3.93. The fraction of sp³-hybridized carbons (Fsp3) is 0.227. The van der Waals surface area contributed by atoms with E-state index in [1.165, 1.54) is 0 Å². The Morgan fingerprint density at radius 2 is 2.04 bits per heavy atom. The number of rotatable bonds is 3. The van der Waals surface area contributed by atoms with Crippen molar-refractivity contribution in [2.24, 2.45) is 0 Å². The molecule has 2 aromatic heterocycles. The second kappa shape index (κ2) is 6.34. The number of aromatic carboxylic acids is 1. The molecule has 1 unspecified atom stereocenters. The molecule has 0 bridgehead atoms. The third-order valence-corrected chi connectivity index (χ3v) is 5.45. The zero-order valence-electron chi connectivity index (χ0n) is 15.4. The SMILES string of the molecule is CC1CCCN1c1nc2cc(C(=O)O)ccc2nc1-c1coc2ccccc12. The van der Waals surface area contributed by atoms with Crippen molar-refractivity contribution in [1.29, 1.82) is 0 Å². The van der Waals surface area contributed by atoms with Gasteiger partial charge in [0.25, 0.3) is 0 Å². The van der Waals surface area contributed by atoms with E-state index in [-0.39, 0.29) is 5.56 Å². The summed E-state index contributed by atoms with van der Waals surface area (Å²) in [6, 6.07) is 13.1. The zero-order chi connectivity index (χ0) is 19.3. The first kappa shape index (κ1) is 16.7. The number of benzene rings is 2. The highest BCUT2D eigenvalue weighted by molar-refractivity contribution is 5.98. The summed E-state index contributed by atoms with van der Waals surface area (Å²) < 4.78 is 5.75. The number of carboxylic acids is 1. The largest absolute Gasteiger partial charge is 0.478 e. The molecular formula is C22H19N3O3. The summed E-state index contributed by atoms with van der Waals surface area (Å²) in [4.78, 5) is 23.4. The van der Waals surface area contributed by atoms with Crippen LogP contribution in [0.3, 0.4) is 0 Å². The zero-order valence-corrected chi connectivity index (χ0v) is 15.4. The predicted octanol–water partition coefficient (Wildman–Crippen LogP) is 4.73. The monoisotopic (exact) mass is 373 g/mol. The summed E-state index contributed by atoms with van der Waals surface area (Å²) in [5.74, 6) is -0.184. The lowest BCUT2D eigenvalue weighted by Crippen LogP contribution is -2.28. The van der Waals surface area contributed by atoms with Gasteiger partial charge in [-0.3, -0.25) is 0 Å². The fourth-order valence-corrected chi connectivity index (χ4v) is 3.97. The molecule has 0 spiro atoms. The molecule has 1 fully saturated rings. The second-order valence-corrected chi connectivity index (χ2v) is 7.23.